The molecule has 4 heterocycles. The molecule has 0 radical (unpaired) electrons. The third-order valence-corrected chi connectivity index (χ3v) is 5.02. The minimum Gasteiger partial charge on any atom is -0.384 e. The number of piperidine rings is 1. The second kappa shape index (κ2) is 5.75. The molecule has 2 atom stereocenters. The van der Waals surface area contributed by atoms with E-state index in [4.69, 9.17) is 16.5 Å². The van der Waals surface area contributed by atoms with E-state index in [2.05, 4.69) is 32.4 Å². The van der Waals surface area contributed by atoms with Gasteiger partial charge in [-0.05, 0) is 38.4 Å². The molecule has 0 spiro atoms. The minimum atomic E-state index is -0.303. The predicted octanol–water partition coefficient (Wildman–Crippen LogP) is 1.10. The van der Waals surface area contributed by atoms with Crippen molar-refractivity contribution < 1.29 is 0 Å². The van der Waals surface area contributed by atoms with Gasteiger partial charge in [-0.25, -0.2) is 15.0 Å². The van der Waals surface area contributed by atoms with Gasteiger partial charge < -0.3 is 16.8 Å². The smallest absolute Gasteiger partial charge is 0.200 e. The van der Waals surface area contributed by atoms with Gasteiger partial charge in [0.15, 0.2) is 0 Å². The number of nitrogens with zero attached hydrogens (tertiary/aromatic N) is 4. The molecular weight excluding hydrogens is 316 g/mol. The lowest BCUT2D eigenvalue weighted by Gasteiger charge is -2.38. The van der Waals surface area contributed by atoms with Gasteiger partial charge in [-0.3, -0.25) is 5.10 Å². The van der Waals surface area contributed by atoms with Gasteiger partial charge in [-0.1, -0.05) is 0 Å². The number of anilines is 1. The van der Waals surface area contributed by atoms with E-state index in [9.17, 15) is 0 Å². The molecule has 1 saturated heterocycles. The lowest BCUT2D eigenvalue weighted by molar-refractivity contribution is 0.286. The van der Waals surface area contributed by atoms with Gasteiger partial charge in [0.1, 0.15) is 11.3 Å². The number of nitrogens with one attached hydrogen (secondary N) is 2. The first kappa shape index (κ1) is 15.9. The van der Waals surface area contributed by atoms with Gasteiger partial charge >= 0.3 is 0 Å². The van der Waals surface area contributed by atoms with Crippen molar-refractivity contribution in [1.29, 1.82) is 0 Å². The first-order valence-corrected chi connectivity index (χ1v) is 8.39. The first-order chi connectivity index (χ1) is 12.0. The molecule has 1 fully saturated rings. The normalized spacial score (nSPS) is 23.9. The van der Waals surface area contributed by atoms with Gasteiger partial charge in [0.05, 0.1) is 11.4 Å². The summed E-state index contributed by atoms with van der Waals surface area (Å²) in [6, 6.07) is 1.82. The summed E-state index contributed by atoms with van der Waals surface area (Å²) < 4.78 is 0. The number of hydrogen-bond acceptors (Lipinski definition) is 7. The highest BCUT2D eigenvalue weighted by Crippen LogP contribution is 2.32. The summed E-state index contributed by atoms with van der Waals surface area (Å²) >= 11 is 0. The molecule has 4 rings (SSSR count). The number of H-pyrrole nitrogens is 1. The maximum absolute atomic E-state index is 6.47. The molecule has 1 aliphatic rings. The number of hydrogen-bond donors (Lipinski definition) is 4. The van der Waals surface area contributed by atoms with Gasteiger partial charge in [0.2, 0.25) is 5.65 Å². The van der Waals surface area contributed by atoms with Crippen molar-refractivity contribution in [1.82, 2.24) is 30.5 Å². The zero-order chi connectivity index (χ0) is 17.6. The molecule has 8 heteroatoms. The average Bonchev–Trinajstić information content (AvgIpc) is 2.99. The van der Waals surface area contributed by atoms with Crippen LogP contribution in [0.4, 0.5) is 5.82 Å². The summed E-state index contributed by atoms with van der Waals surface area (Å²) in [6.07, 6.45) is 4.45. The highest BCUT2D eigenvalue weighted by Gasteiger charge is 2.35. The van der Waals surface area contributed by atoms with Crippen molar-refractivity contribution in [2.45, 2.75) is 31.7 Å². The van der Waals surface area contributed by atoms with Crippen LogP contribution >= 0.6 is 0 Å². The van der Waals surface area contributed by atoms with Gasteiger partial charge in [-0.15, -0.1) is 0 Å². The zero-order valence-corrected chi connectivity index (χ0v) is 14.4. The van der Waals surface area contributed by atoms with Crippen molar-refractivity contribution in [3.8, 4) is 11.3 Å². The summed E-state index contributed by atoms with van der Waals surface area (Å²) in [5.74, 6) is 0.566. The van der Waals surface area contributed by atoms with Crippen LogP contribution in [-0.2, 0) is 0 Å². The Kier molecular flexibility index (Phi) is 3.66. The van der Waals surface area contributed by atoms with Crippen molar-refractivity contribution >= 4 is 17.0 Å². The lowest BCUT2D eigenvalue weighted by Crippen LogP contribution is -2.53. The SMILES string of the molecule is Cc1cnc(N)cc1-c1[nH]nc2nc(C3CNCCC3(C)N)cnc12. The van der Waals surface area contributed by atoms with Crippen molar-refractivity contribution in [2.75, 3.05) is 18.8 Å². The van der Waals surface area contributed by atoms with Gasteiger partial charge in [0, 0.05) is 36.0 Å². The van der Waals surface area contributed by atoms with E-state index in [1.54, 1.807) is 6.20 Å². The Morgan fingerprint density at radius 3 is 2.92 bits per heavy atom. The molecule has 6 N–H and O–H groups in total. The Balaban J connectivity index is 1.78. The van der Waals surface area contributed by atoms with Crippen molar-refractivity contribution in [3.63, 3.8) is 0 Å². The Morgan fingerprint density at radius 2 is 2.12 bits per heavy atom. The molecule has 1 aliphatic heterocycles. The number of pyridine rings is 1. The topological polar surface area (TPSA) is 131 Å². The van der Waals surface area contributed by atoms with Crippen LogP contribution < -0.4 is 16.8 Å². The summed E-state index contributed by atoms with van der Waals surface area (Å²) in [7, 11) is 0. The second-order valence-electron chi connectivity index (χ2n) is 7.00. The largest absolute Gasteiger partial charge is 0.384 e. The predicted molar refractivity (Wildman–Crippen MR) is 96.9 cm³/mol. The van der Waals surface area contributed by atoms with Crippen molar-refractivity contribution in [2.24, 2.45) is 5.73 Å². The van der Waals surface area contributed by atoms with Crippen LogP contribution in [0.5, 0.6) is 0 Å². The molecule has 0 aliphatic carbocycles. The molecule has 25 heavy (non-hydrogen) atoms. The number of aromatic nitrogens is 5. The highest BCUT2D eigenvalue weighted by atomic mass is 15.2. The molecule has 3 aromatic rings. The lowest BCUT2D eigenvalue weighted by atomic mass is 9.79. The Morgan fingerprint density at radius 1 is 1.28 bits per heavy atom. The molecule has 3 aromatic heterocycles. The summed E-state index contributed by atoms with van der Waals surface area (Å²) in [4.78, 5) is 13.5. The van der Waals surface area contributed by atoms with Crippen LogP contribution in [0.3, 0.4) is 0 Å². The monoisotopic (exact) mass is 338 g/mol. The molecule has 130 valence electrons. The van der Waals surface area contributed by atoms with E-state index in [-0.39, 0.29) is 11.5 Å². The van der Waals surface area contributed by atoms with Crippen LogP contribution in [0.15, 0.2) is 18.5 Å². The minimum absolute atomic E-state index is 0.108. The van der Waals surface area contributed by atoms with Crippen LogP contribution in [0, 0.1) is 6.92 Å². The fourth-order valence-corrected chi connectivity index (χ4v) is 3.43. The first-order valence-electron chi connectivity index (χ1n) is 8.39. The van der Waals surface area contributed by atoms with Crippen LogP contribution in [0.1, 0.15) is 30.5 Å². The maximum Gasteiger partial charge on any atom is 0.200 e. The van der Waals surface area contributed by atoms with Gasteiger partial charge in [0.25, 0.3) is 0 Å². The third kappa shape index (κ3) is 2.73. The number of aromatic amines is 1. The number of fused-ring (bicyclic) bond motifs is 1. The highest BCUT2D eigenvalue weighted by molar-refractivity contribution is 5.88. The maximum atomic E-state index is 6.47. The summed E-state index contributed by atoms with van der Waals surface area (Å²) in [5.41, 5.74) is 16.9. The molecule has 0 bridgehead atoms. The number of rotatable bonds is 2. The molecular formula is C17H22N8. The van der Waals surface area contributed by atoms with E-state index in [1.165, 1.54) is 0 Å². The van der Waals surface area contributed by atoms with Gasteiger partial charge in [-0.2, -0.15) is 5.10 Å². The Labute approximate surface area is 145 Å². The fourth-order valence-electron chi connectivity index (χ4n) is 3.43. The molecule has 8 nitrogen and oxygen atoms in total. The molecule has 0 saturated carbocycles. The van der Waals surface area contributed by atoms with E-state index >= 15 is 0 Å². The molecule has 0 amide bonds. The van der Waals surface area contributed by atoms with E-state index in [0.29, 0.717) is 11.5 Å². The summed E-state index contributed by atoms with van der Waals surface area (Å²) in [5, 5.41) is 10.8. The number of nitrogen functional groups attached to an aromatic ring is 1. The van der Waals surface area contributed by atoms with Crippen LogP contribution in [0.2, 0.25) is 0 Å². The van der Waals surface area contributed by atoms with E-state index < -0.39 is 0 Å². The quantitative estimate of drug-likeness (QED) is 0.550. The Bertz CT molecular complexity index is 930. The number of nitrogens with two attached hydrogens (primary N) is 2. The van der Waals surface area contributed by atoms with Crippen molar-refractivity contribution in [3.05, 3.63) is 29.7 Å². The average molecular weight is 338 g/mol. The summed E-state index contributed by atoms with van der Waals surface area (Å²) in [6.45, 7) is 5.77. The standard InChI is InChI=1S/C17H22N8/c1-9-6-21-13(18)5-10(9)14-15-16(25-24-14)23-12(8-22-15)11-7-20-4-3-17(11,2)19/h5-6,8,11,20H,3-4,7,19H2,1-2H3,(H2,18,21)(H,23,24,25). The number of aryl methyl sites for hydroxylation is 1. The third-order valence-electron chi connectivity index (χ3n) is 5.02. The zero-order valence-electron chi connectivity index (χ0n) is 14.4. The molecule has 0 aromatic carbocycles. The molecule has 2 unspecified atom stereocenters. The fraction of sp³-hybridized carbons (Fsp3) is 0.412. The Hall–Kier alpha value is -2.58. The van der Waals surface area contributed by atoms with E-state index in [0.717, 1.165) is 47.5 Å². The van der Waals surface area contributed by atoms with E-state index in [1.807, 2.05) is 19.2 Å². The van der Waals surface area contributed by atoms with Crippen LogP contribution in [-0.4, -0.2) is 43.8 Å². The second-order valence-corrected chi connectivity index (χ2v) is 7.00. The van der Waals surface area contributed by atoms with Crippen LogP contribution in [0.25, 0.3) is 22.4 Å².